The topological polar surface area (TPSA) is 21.1 Å². The number of halogens is 1. The van der Waals surface area contributed by atoms with Gasteiger partial charge in [-0.1, -0.05) is 51.4 Å². The van der Waals surface area contributed by atoms with E-state index >= 15 is 0 Å². The minimum Gasteiger partial charge on any atom is -0.301 e. The van der Waals surface area contributed by atoms with E-state index < -0.39 is 0 Å². The molecule has 0 bridgehead atoms. The average molecular weight is 322 g/mol. The van der Waals surface area contributed by atoms with Crippen LogP contribution in [0.3, 0.4) is 0 Å². The van der Waals surface area contributed by atoms with Crippen LogP contribution in [0.25, 0.3) is 10.9 Å². The molecule has 1 heterocycles. The summed E-state index contributed by atoms with van der Waals surface area (Å²) in [4.78, 5) is 2.56. The van der Waals surface area contributed by atoms with Crippen molar-refractivity contribution in [1.29, 1.82) is 0 Å². The highest BCUT2D eigenvalue weighted by atomic mass is 35.5. The molecule has 0 aliphatic rings. The first-order chi connectivity index (χ1) is 10.6. The van der Waals surface area contributed by atoms with Gasteiger partial charge >= 0.3 is 0 Å². The maximum absolute atomic E-state index is 6.25. The molecule has 1 atom stereocenters. The minimum atomic E-state index is 0.608. The van der Waals surface area contributed by atoms with Gasteiger partial charge < -0.3 is 4.90 Å². The van der Waals surface area contributed by atoms with E-state index in [1.165, 1.54) is 6.42 Å². The van der Waals surface area contributed by atoms with Gasteiger partial charge in [-0.2, -0.15) is 5.10 Å². The smallest absolute Gasteiger partial charge is 0.158 e. The van der Waals surface area contributed by atoms with Gasteiger partial charge in [0.05, 0.1) is 5.52 Å². The molecule has 122 valence electrons. The molecule has 0 saturated carbocycles. The lowest BCUT2D eigenvalue weighted by Gasteiger charge is -2.31. The van der Waals surface area contributed by atoms with Crippen LogP contribution in [0.15, 0.2) is 24.3 Å². The minimum absolute atomic E-state index is 0.608. The molecule has 4 heteroatoms. The molecule has 1 unspecified atom stereocenters. The highest BCUT2D eigenvalue weighted by molar-refractivity contribution is 6.34. The Morgan fingerprint density at radius 3 is 2.50 bits per heavy atom. The van der Waals surface area contributed by atoms with Gasteiger partial charge in [-0.05, 0) is 44.0 Å². The maximum Gasteiger partial charge on any atom is 0.158 e. The zero-order valence-electron chi connectivity index (χ0n) is 14.2. The standard InChI is InChI=1S/C18H28ClN3/c1-5-21(6-2)15(13-14(3)4)11-12-22-17-10-8-7-9-16(17)18(19)20-22/h7-10,14-15H,5-6,11-13H2,1-4H3. The molecule has 2 aromatic rings. The molecule has 3 nitrogen and oxygen atoms in total. The van der Waals surface area contributed by atoms with E-state index in [0.29, 0.717) is 17.1 Å². The number of hydrogen-bond acceptors (Lipinski definition) is 2. The number of benzene rings is 1. The Morgan fingerprint density at radius 1 is 1.18 bits per heavy atom. The normalized spacial score (nSPS) is 13.4. The highest BCUT2D eigenvalue weighted by Crippen LogP contribution is 2.23. The van der Waals surface area contributed by atoms with Crippen LogP contribution in [0, 0.1) is 5.92 Å². The Kier molecular flexibility index (Phi) is 6.27. The predicted molar refractivity (Wildman–Crippen MR) is 95.5 cm³/mol. The summed E-state index contributed by atoms with van der Waals surface area (Å²) in [5.74, 6) is 0.712. The molecule has 1 aromatic carbocycles. The lowest BCUT2D eigenvalue weighted by Crippen LogP contribution is -2.36. The molecule has 0 amide bonds. The lowest BCUT2D eigenvalue weighted by atomic mass is 9.99. The van der Waals surface area contributed by atoms with Crippen molar-refractivity contribution in [2.24, 2.45) is 5.92 Å². The van der Waals surface area contributed by atoms with Gasteiger partial charge in [-0.15, -0.1) is 0 Å². The van der Waals surface area contributed by atoms with E-state index in [2.05, 4.69) is 48.4 Å². The second kappa shape index (κ2) is 7.98. The number of rotatable bonds is 8. The largest absolute Gasteiger partial charge is 0.301 e. The van der Waals surface area contributed by atoms with E-state index in [4.69, 9.17) is 11.6 Å². The third-order valence-electron chi connectivity index (χ3n) is 4.36. The Morgan fingerprint density at radius 2 is 1.86 bits per heavy atom. The van der Waals surface area contributed by atoms with Crippen molar-refractivity contribution >= 4 is 22.5 Å². The van der Waals surface area contributed by atoms with Gasteiger partial charge in [0.15, 0.2) is 5.15 Å². The van der Waals surface area contributed by atoms with Crippen molar-refractivity contribution in [3.8, 4) is 0 Å². The molecule has 1 aromatic heterocycles. The number of fused-ring (bicyclic) bond motifs is 1. The molecular weight excluding hydrogens is 294 g/mol. The van der Waals surface area contributed by atoms with Gasteiger partial charge in [0.25, 0.3) is 0 Å². The second-order valence-corrected chi connectivity index (χ2v) is 6.68. The van der Waals surface area contributed by atoms with Crippen molar-refractivity contribution in [2.45, 2.75) is 53.1 Å². The first-order valence-corrected chi connectivity index (χ1v) is 8.79. The summed E-state index contributed by atoms with van der Waals surface area (Å²) in [5, 5.41) is 6.17. The summed E-state index contributed by atoms with van der Waals surface area (Å²) < 4.78 is 2.06. The highest BCUT2D eigenvalue weighted by Gasteiger charge is 2.18. The van der Waals surface area contributed by atoms with Crippen LogP contribution >= 0.6 is 11.6 Å². The molecular formula is C18H28ClN3. The lowest BCUT2D eigenvalue weighted by molar-refractivity contribution is 0.174. The quantitative estimate of drug-likeness (QED) is 0.694. The van der Waals surface area contributed by atoms with E-state index in [1.807, 2.05) is 18.2 Å². The predicted octanol–water partition coefficient (Wildman–Crippen LogP) is 4.84. The van der Waals surface area contributed by atoms with Crippen molar-refractivity contribution in [1.82, 2.24) is 14.7 Å². The van der Waals surface area contributed by atoms with Crippen molar-refractivity contribution < 1.29 is 0 Å². The number of aromatic nitrogens is 2. The molecule has 2 rings (SSSR count). The third-order valence-corrected chi connectivity index (χ3v) is 4.64. The number of aryl methyl sites for hydroxylation is 1. The van der Waals surface area contributed by atoms with Crippen LogP contribution in [-0.2, 0) is 6.54 Å². The molecule has 0 saturated heterocycles. The van der Waals surface area contributed by atoms with Gasteiger partial charge in [-0.3, -0.25) is 4.68 Å². The SMILES string of the molecule is CCN(CC)C(CCn1nc(Cl)c2ccccc21)CC(C)C. The monoisotopic (exact) mass is 321 g/mol. The van der Waals surface area contributed by atoms with Crippen LogP contribution in [0.4, 0.5) is 0 Å². The van der Waals surface area contributed by atoms with Gasteiger partial charge in [0.2, 0.25) is 0 Å². The van der Waals surface area contributed by atoms with Crippen molar-refractivity contribution in [3.05, 3.63) is 29.4 Å². The van der Waals surface area contributed by atoms with E-state index in [1.54, 1.807) is 0 Å². The second-order valence-electron chi connectivity index (χ2n) is 6.32. The summed E-state index contributed by atoms with van der Waals surface area (Å²) in [6.45, 7) is 12.2. The van der Waals surface area contributed by atoms with Gasteiger partial charge in [-0.25, -0.2) is 0 Å². The molecule has 0 aliphatic carbocycles. The van der Waals surface area contributed by atoms with Crippen molar-refractivity contribution in [3.63, 3.8) is 0 Å². The summed E-state index contributed by atoms with van der Waals surface area (Å²) in [7, 11) is 0. The van der Waals surface area contributed by atoms with Crippen LogP contribution in [0.2, 0.25) is 5.15 Å². The van der Waals surface area contributed by atoms with Crippen LogP contribution in [-0.4, -0.2) is 33.8 Å². The first-order valence-electron chi connectivity index (χ1n) is 8.41. The van der Waals surface area contributed by atoms with Crippen LogP contribution in [0.5, 0.6) is 0 Å². The zero-order chi connectivity index (χ0) is 16.1. The molecule has 0 N–H and O–H groups in total. The fraction of sp³-hybridized carbons (Fsp3) is 0.611. The van der Waals surface area contributed by atoms with Crippen LogP contribution < -0.4 is 0 Å². The van der Waals surface area contributed by atoms with Gasteiger partial charge in [0, 0.05) is 18.0 Å². The first kappa shape index (κ1) is 17.3. The Bertz CT molecular complexity index is 587. The number of para-hydroxylation sites is 1. The molecule has 0 radical (unpaired) electrons. The summed E-state index contributed by atoms with van der Waals surface area (Å²) >= 11 is 6.25. The van der Waals surface area contributed by atoms with Crippen LogP contribution in [0.1, 0.15) is 40.5 Å². The Labute approximate surface area is 139 Å². The summed E-state index contributed by atoms with van der Waals surface area (Å²) in [5.41, 5.74) is 1.13. The van der Waals surface area contributed by atoms with E-state index in [9.17, 15) is 0 Å². The third kappa shape index (κ3) is 4.02. The molecule has 0 fully saturated rings. The fourth-order valence-electron chi connectivity index (χ4n) is 3.26. The van der Waals surface area contributed by atoms with Gasteiger partial charge in [0.1, 0.15) is 0 Å². The number of nitrogens with zero attached hydrogens (tertiary/aromatic N) is 3. The van der Waals surface area contributed by atoms with E-state index in [0.717, 1.165) is 37.0 Å². The van der Waals surface area contributed by atoms with E-state index in [-0.39, 0.29) is 0 Å². The zero-order valence-corrected chi connectivity index (χ0v) is 15.0. The van der Waals surface area contributed by atoms with Crippen molar-refractivity contribution in [2.75, 3.05) is 13.1 Å². The Balaban J connectivity index is 2.13. The maximum atomic E-state index is 6.25. The summed E-state index contributed by atoms with van der Waals surface area (Å²) in [6, 6.07) is 8.81. The molecule has 0 spiro atoms. The Hall–Kier alpha value is -1.06. The molecule has 0 aliphatic heterocycles. The summed E-state index contributed by atoms with van der Waals surface area (Å²) in [6.07, 6.45) is 2.34. The number of hydrogen-bond donors (Lipinski definition) is 0. The molecule has 22 heavy (non-hydrogen) atoms. The average Bonchev–Trinajstić information content (AvgIpc) is 2.82. The fourth-order valence-corrected chi connectivity index (χ4v) is 3.51.